The van der Waals surface area contributed by atoms with Crippen LogP contribution < -0.4 is 5.76 Å². The lowest BCUT2D eigenvalue weighted by Gasteiger charge is -1.99. The van der Waals surface area contributed by atoms with Gasteiger partial charge in [-0.3, -0.25) is 9.36 Å². The van der Waals surface area contributed by atoms with Gasteiger partial charge in [0.15, 0.2) is 11.4 Å². The van der Waals surface area contributed by atoms with Crippen molar-refractivity contribution >= 4 is 28.2 Å². The number of nitrogens with zero attached hydrogens (tertiary/aromatic N) is 1. The summed E-state index contributed by atoms with van der Waals surface area (Å²) in [6.45, 7) is 0.0103. The van der Waals surface area contributed by atoms with E-state index in [-0.39, 0.29) is 12.3 Å². The number of carbonyl (C=O) groups is 1. The van der Waals surface area contributed by atoms with Gasteiger partial charge < -0.3 is 4.42 Å². The van der Waals surface area contributed by atoms with Crippen molar-refractivity contribution < 1.29 is 9.21 Å². The summed E-state index contributed by atoms with van der Waals surface area (Å²) in [5, 5.41) is 1.84. The van der Waals surface area contributed by atoms with Gasteiger partial charge in [0, 0.05) is 0 Å². The molecule has 0 bridgehead atoms. The average Bonchev–Trinajstić information content (AvgIpc) is 2.98. The summed E-state index contributed by atoms with van der Waals surface area (Å²) in [4.78, 5) is 24.3. The molecule has 0 unspecified atom stereocenters. The molecule has 2 heterocycles. The number of aromatic nitrogens is 1. The van der Waals surface area contributed by atoms with Crippen molar-refractivity contribution in [2.45, 2.75) is 6.54 Å². The molecule has 1 aromatic carbocycles. The van der Waals surface area contributed by atoms with Crippen LogP contribution in [-0.4, -0.2) is 10.4 Å². The van der Waals surface area contributed by atoms with E-state index < -0.39 is 5.76 Å². The Kier molecular flexibility index (Phi) is 2.60. The highest BCUT2D eigenvalue weighted by Gasteiger charge is 2.13. The number of rotatable bonds is 3. The lowest BCUT2D eigenvalue weighted by molar-refractivity contribution is 0.0974. The number of ketones is 1. The first kappa shape index (κ1) is 11.0. The van der Waals surface area contributed by atoms with Gasteiger partial charge in [-0.25, -0.2) is 4.79 Å². The topological polar surface area (TPSA) is 52.2 Å². The van der Waals surface area contributed by atoms with Gasteiger partial charge in [-0.15, -0.1) is 11.3 Å². The summed E-state index contributed by atoms with van der Waals surface area (Å²) in [6.07, 6.45) is 0. The summed E-state index contributed by atoms with van der Waals surface area (Å²) in [5.74, 6) is -0.584. The molecule has 3 aromatic rings. The minimum atomic E-state index is -0.499. The second kappa shape index (κ2) is 4.27. The highest BCUT2D eigenvalue weighted by molar-refractivity contribution is 7.12. The molecule has 4 nitrogen and oxygen atoms in total. The second-order valence-electron chi connectivity index (χ2n) is 3.82. The highest BCUT2D eigenvalue weighted by atomic mass is 32.1. The quantitative estimate of drug-likeness (QED) is 0.679. The number of oxazole rings is 1. The minimum absolute atomic E-state index is 0.0103. The van der Waals surface area contributed by atoms with Crippen molar-refractivity contribution in [3.05, 3.63) is 57.2 Å². The Labute approximate surface area is 106 Å². The minimum Gasteiger partial charge on any atom is -0.408 e. The largest absolute Gasteiger partial charge is 0.420 e. The molecular formula is C13H9NO3S. The first-order valence-electron chi connectivity index (χ1n) is 5.41. The van der Waals surface area contributed by atoms with E-state index in [2.05, 4.69) is 0 Å². The molecule has 0 saturated carbocycles. The average molecular weight is 259 g/mol. The normalized spacial score (nSPS) is 10.9. The fourth-order valence-electron chi connectivity index (χ4n) is 1.82. The van der Waals surface area contributed by atoms with Gasteiger partial charge in [-0.05, 0) is 23.6 Å². The standard InChI is InChI=1S/C13H9NO3S/c15-10(12-6-3-7-18-12)8-14-9-4-1-2-5-11(9)17-13(14)16/h1-7H,8H2. The number of hydrogen-bond donors (Lipinski definition) is 0. The molecule has 0 atom stereocenters. The molecular weight excluding hydrogens is 250 g/mol. The van der Waals surface area contributed by atoms with E-state index in [9.17, 15) is 9.59 Å². The molecule has 0 amide bonds. The third kappa shape index (κ3) is 1.78. The lowest BCUT2D eigenvalue weighted by atomic mass is 10.3. The predicted molar refractivity (Wildman–Crippen MR) is 69.1 cm³/mol. The first-order valence-corrected chi connectivity index (χ1v) is 6.29. The van der Waals surface area contributed by atoms with Crippen LogP contribution in [-0.2, 0) is 6.54 Å². The van der Waals surface area contributed by atoms with Gasteiger partial charge >= 0.3 is 5.76 Å². The summed E-state index contributed by atoms with van der Waals surface area (Å²) in [5.41, 5.74) is 1.15. The molecule has 0 N–H and O–H groups in total. The maximum atomic E-state index is 12.0. The zero-order chi connectivity index (χ0) is 12.5. The van der Waals surface area contributed by atoms with Crippen molar-refractivity contribution in [3.63, 3.8) is 0 Å². The SMILES string of the molecule is O=C(Cn1c(=O)oc2ccccc21)c1cccs1. The maximum Gasteiger partial charge on any atom is 0.420 e. The van der Waals surface area contributed by atoms with Crippen LogP contribution in [0.25, 0.3) is 11.1 Å². The zero-order valence-corrected chi connectivity index (χ0v) is 10.1. The molecule has 0 radical (unpaired) electrons. The summed E-state index contributed by atoms with van der Waals surface area (Å²) in [6, 6.07) is 10.6. The van der Waals surface area contributed by atoms with Gasteiger partial charge in [-0.2, -0.15) is 0 Å². The van der Waals surface area contributed by atoms with E-state index in [1.165, 1.54) is 15.9 Å². The van der Waals surface area contributed by atoms with Crippen molar-refractivity contribution in [3.8, 4) is 0 Å². The van der Waals surface area contributed by atoms with Crippen LogP contribution in [0.5, 0.6) is 0 Å². The highest BCUT2D eigenvalue weighted by Crippen LogP contribution is 2.14. The number of para-hydroxylation sites is 2. The monoisotopic (exact) mass is 259 g/mol. The van der Waals surface area contributed by atoms with Crippen LogP contribution in [0, 0.1) is 0 Å². The van der Waals surface area contributed by atoms with Crippen molar-refractivity contribution in [1.82, 2.24) is 4.57 Å². The number of fused-ring (bicyclic) bond motifs is 1. The van der Waals surface area contributed by atoms with Crippen molar-refractivity contribution in [2.24, 2.45) is 0 Å². The van der Waals surface area contributed by atoms with Crippen LogP contribution in [0.4, 0.5) is 0 Å². The zero-order valence-electron chi connectivity index (χ0n) is 9.33. The van der Waals surface area contributed by atoms with Crippen molar-refractivity contribution in [1.29, 1.82) is 0 Å². The van der Waals surface area contributed by atoms with E-state index >= 15 is 0 Å². The van der Waals surface area contributed by atoms with Gasteiger partial charge in [-0.1, -0.05) is 18.2 Å². The Morgan fingerprint density at radius 2 is 2.06 bits per heavy atom. The molecule has 0 fully saturated rings. The summed E-state index contributed by atoms with van der Waals surface area (Å²) < 4.78 is 6.43. The van der Waals surface area contributed by atoms with E-state index in [0.717, 1.165) is 0 Å². The molecule has 0 aliphatic carbocycles. The van der Waals surface area contributed by atoms with E-state index in [1.807, 2.05) is 17.5 Å². The van der Waals surface area contributed by atoms with Crippen molar-refractivity contribution in [2.75, 3.05) is 0 Å². The third-order valence-corrected chi connectivity index (χ3v) is 3.58. The van der Waals surface area contributed by atoms with Crippen LogP contribution in [0.2, 0.25) is 0 Å². The van der Waals surface area contributed by atoms with Gasteiger partial charge in [0.2, 0.25) is 0 Å². The number of thiophene rings is 1. The molecule has 3 rings (SSSR count). The van der Waals surface area contributed by atoms with Crippen LogP contribution in [0.15, 0.2) is 51.0 Å². The van der Waals surface area contributed by atoms with Crippen LogP contribution >= 0.6 is 11.3 Å². The Morgan fingerprint density at radius 1 is 1.22 bits per heavy atom. The molecule has 0 spiro atoms. The van der Waals surface area contributed by atoms with Gasteiger partial charge in [0.25, 0.3) is 0 Å². The number of Topliss-reactive ketones (excluding diaryl/α,β-unsaturated/α-hetero) is 1. The molecule has 0 aliphatic rings. The Balaban J connectivity index is 2.03. The lowest BCUT2D eigenvalue weighted by Crippen LogP contribution is -2.19. The molecule has 5 heteroatoms. The third-order valence-electron chi connectivity index (χ3n) is 2.67. The fourth-order valence-corrected chi connectivity index (χ4v) is 2.48. The maximum absolute atomic E-state index is 12.0. The molecule has 2 aromatic heterocycles. The summed E-state index contributed by atoms with van der Waals surface area (Å²) >= 11 is 1.37. The predicted octanol–water partition coefficient (Wildman–Crippen LogP) is 2.54. The number of hydrogen-bond acceptors (Lipinski definition) is 4. The summed E-state index contributed by atoms with van der Waals surface area (Å²) in [7, 11) is 0. The molecule has 90 valence electrons. The second-order valence-corrected chi connectivity index (χ2v) is 4.77. The number of benzene rings is 1. The smallest absolute Gasteiger partial charge is 0.408 e. The van der Waals surface area contributed by atoms with E-state index in [0.29, 0.717) is 16.0 Å². The number of carbonyl (C=O) groups excluding carboxylic acids is 1. The molecule has 0 aliphatic heterocycles. The van der Waals surface area contributed by atoms with E-state index in [1.54, 1.807) is 24.3 Å². The Morgan fingerprint density at radius 3 is 2.83 bits per heavy atom. The fraction of sp³-hybridized carbons (Fsp3) is 0.0769. The van der Waals surface area contributed by atoms with Gasteiger partial charge in [0.1, 0.15) is 0 Å². The van der Waals surface area contributed by atoms with E-state index in [4.69, 9.17) is 4.42 Å². The van der Waals surface area contributed by atoms with Crippen LogP contribution in [0.3, 0.4) is 0 Å². The molecule has 18 heavy (non-hydrogen) atoms. The Bertz CT molecular complexity index is 752. The molecule has 0 saturated heterocycles. The Hall–Kier alpha value is -2.14. The first-order chi connectivity index (χ1) is 8.75. The van der Waals surface area contributed by atoms with Gasteiger partial charge in [0.05, 0.1) is 16.9 Å². The van der Waals surface area contributed by atoms with Crippen LogP contribution in [0.1, 0.15) is 9.67 Å².